The van der Waals surface area contributed by atoms with Gasteiger partial charge in [0.25, 0.3) is 0 Å². The molecular formula is C11H19N3O4. The number of amides is 3. The number of carbonyl (C=O) groups excluding carboxylic acids is 2. The van der Waals surface area contributed by atoms with Gasteiger partial charge in [0, 0.05) is 13.1 Å². The molecule has 0 saturated carbocycles. The predicted octanol–water partition coefficient (Wildman–Crippen LogP) is -0.205. The van der Waals surface area contributed by atoms with Crippen molar-refractivity contribution < 1.29 is 19.5 Å². The minimum absolute atomic E-state index is 0.247. The van der Waals surface area contributed by atoms with Crippen LogP contribution in [0.4, 0.5) is 4.79 Å². The van der Waals surface area contributed by atoms with Gasteiger partial charge in [0.15, 0.2) is 0 Å². The maximum atomic E-state index is 11.6. The van der Waals surface area contributed by atoms with Crippen LogP contribution in [0.25, 0.3) is 0 Å². The number of urea groups is 1. The summed E-state index contributed by atoms with van der Waals surface area (Å²) in [4.78, 5) is 34.5. The number of aliphatic carboxylic acids is 1. The van der Waals surface area contributed by atoms with Crippen LogP contribution in [0.2, 0.25) is 0 Å². The molecular weight excluding hydrogens is 238 g/mol. The normalized spacial score (nSPS) is 9.39. The minimum Gasteiger partial charge on any atom is -0.480 e. The summed E-state index contributed by atoms with van der Waals surface area (Å²) < 4.78 is 0. The summed E-state index contributed by atoms with van der Waals surface area (Å²) in [5, 5.41) is 12.9. The largest absolute Gasteiger partial charge is 0.480 e. The van der Waals surface area contributed by atoms with Gasteiger partial charge >= 0.3 is 12.0 Å². The molecule has 0 rings (SSSR count). The van der Waals surface area contributed by atoms with Crippen molar-refractivity contribution in [2.45, 2.75) is 13.3 Å². The fourth-order valence-electron chi connectivity index (χ4n) is 1.21. The van der Waals surface area contributed by atoms with E-state index in [1.54, 1.807) is 6.08 Å². The molecule has 0 unspecified atom stereocenters. The van der Waals surface area contributed by atoms with Crippen molar-refractivity contribution in [3.05, 3.63) is 12.7 Å². The lowest BCUT2D eigenvalue weighted by Crippen LogP contribution is -2.45. The highest BCUT2D eigenvalue weighted by Crippen LogP contribution is 1.92. The van der Waals surface area contributed by atoms with Crippen molar-refractivity contribution in [1.82, 2.24) is 15.5 Å². The summed E-state index contributed by atoms with van der Waals surface area (Å²) in [6.45, 7) is 5.73. The zero-order valence-corrected chi connectivity index (χ0v) is 10.4. The Morgan fingerprint density at radius 2 is 1.94 bits per heavy atom. The van der Waals surface area contributed by atoms with Crippen molar-refractivity contribution in [3.8, 4) is 0 Å². The monoisotopic (exact) mass is 257 g/mol. The van der Waals surface area contributed by atoms with Crippen LogP contribution in [0.3, 0.4) is 0 Å². The molecule has 102 valence electrons. The summed E-state index contributed by atoms with van der Waals surface area (Å²) in [6, 6.07) is -0.373. The number of carbonyl (C=O) groups is 3. The Bertz CT molecular complexity index is 317. The SMILES string of the molecule is C=CCN(CCC)C(=O)NCC(=O)NCC(=O)O. The van der Waals surface area contributed by atoms with Crippen LogP contribution < -0.4 is 10.6 Å². The van der Waals surface area contributed by atoms with Gasteiger partial charge in [-0.2, -0.15) is 0 Å². The molecule has 7 nitrogen and oxygen atoms in total. The molecule has 0 bridgehead atoms. The molecule has 0 aromatic heterocycles. The Labute approximate surface area is 106 Å². The molecule has 0 aromatic rings. The fraction of sp³-hybridized carbons (Fsp3) is 0.545. The van der Waals surface area contributed by atoms with E-state index in [9.17, 15) is 14.4 Å². The summed E-state index contributed by atoms with van der Waals surface area (Å²) in [7, 11) is 0. The smallest absolute Gasteiger partial charge is 0.322 e. The highest BCUT2D eigenvalue weighted by molar-refractivity contribution is 5.86. The second kappa shape index (κ2) is 9.03. The first-order valence-electron chi connectivity index (χ1n) is 5.63. The molecule has 0 aliphatic heterocycles. The average Bonchev–Trinajstić information content (AvgIpc) is 2.33. The molecule has 0 fully saturated rings. The van der Waals surface area contributed by atoms with E-state index in [2.05, 4.69) is 17.2 Å². The maximum Gasteiger partial charge on any atom is 0.322 e. The molecule has 0 aromatic carbocycles. The molecule has 0 aliphatic carbocycles. The lowest BCUT2D eigenvalue weighted by atomic mass is 10.4. The van der Waals surface area contributed by atoms with Gasteiger partial charge in [-0.05, 0) is 6.42 Å². The zero-order valence-electron chi connectivity index (χ0n) is 10.4. The molecule has 0 heterocycles. The zero-order chi connectivity index (χ0) is 14.0. The number of rotatable bonds is 8. The molecule has 0 spiro atoms. The van der Waals surface area contributed by atoms with Gasteiger partial charge in [0.1, 0.15) is 6.54 Å². The third-order valence-corrected chi connectivity index (χ3v) is 1.97. The van der Waals surface area contributed by atoms with Gasteiger partial charge in [-0.15, -0.1) is 6.58 Å². The standard InChI is InChI=1S/C11H19N3O4/c1-3-5-14(6-4-2)11(18)13-7-9(15)12-8-10(16)17/h3H,1,4-8H2,2H3,(H,12,15)(H,13,18)(H,16,17). The van der Waals surface area contributed by atoms with Gasteiger partial charge in [0.2, 0.25) is 5.91 Å². The van der Waals surface area contributed by atoms with E-state index in [1.807, 2.05) is 6.92 Å². The van der Waals surface area contributed by atoms with E-state index in [1.165, 1.54) is 4.90 Å². The number of nitrogens with one attached hydrogen (secondary N) is 2. The molecule has 18 heavy (non-hydrogen) atoms. The van der Waals surface area contributed by atoms with E-state index in [0.29, 0.717) is 13.1 Å². The molecule has 7 heteroatoms. The van der Waals surface area contributed by atoms with Crippen LogP contribution in [0.15, 0.2) is 12.7 Å². The Morgan fingerprint density at radius 3 is 2.44 bits per heavy atom. The Hall–Kier alpha value is -2.05. The van der Waals surface area contributed by atoms with E-state index in [-0.39, 0.29) is 12.6 Å². The lowest BCUT2D eigenvalue weighted by Gasteiger charge is -2.20. The van der Waals surface area contributed by atoms with Crippen LogP contribution in [0.1, 0.15) is 13.3 Å². The Kier molecular flexibility index (Phi) is 8.00. The van der Waals surface area contributed by atoms with E-state index in [4.69, 9.17) is 5.11 Å². The van der Waals surface area contributed by atoms with E-state index < -0.39 is 18.4 Å². The van der Waals surface area contributed by atoms with Gasteiger partial charge in [0.05, 0.1) is 6.54 Å². The number of carboxylic acids is 1. The second-order valence-electron chi connectivity index (χ2n) is 3.56. The van der Waals surface area contributed by atoms with Crippen LogP contribution in [-0.2, 0) is 9.59 Å². The van der Waals surface area contributed by atoms with Crippen molar-refractivity contribution in [3.63, 3.8) is 0 Å². The maximum absolute atomic E-state index is 11.6. The highest BCUT2D eigenvalue weighted by Gasteiger charge is 2.12. The quantitative estimate of drug-likeness (QED) is 0.524. The Balaban J connectivity index is 4.01. The van der Waals surface area contributed by atoms with Crippen molar-refractivity contribution in [2.24, 2.45) is 0 Å². The molecule has 0 radical (unpaired) electrons. The number of nitrogens with zero attached hydrogens (tertiary/aromatic N) is 1. The summed E-state index contributed by atoms with van der Waals surface area (Å²) in [5.74, 6) is -1.67. The third kappa shape index (κ3) is 7.26. The first-order valence-corrected chi connectivity index (χ1v) is 5.63. The van der Waals surface area contributed by atoms with Crippen molar-refractivity contribution in [2.75, 3.05) is 26.2 Å². The first-order chi connectivity index (χ1) is 8.51. The highest BCUT2D eigenvalue weighted by atomic mass is 16.4. The average molecular weight is 257 g/mol. The van der Waals surface area contributed by atoms with E-state index in [0.717, 1.165) is 6.42 Å². The molecule has 0 atom stereocenters. The minimum atomic E-state index is -1.13. The van der Waals surface area contributed by atoms with Gasteiger partial charge in [-0.25, -0.2) is 4.79 Å². The first kappa shape index (κ1) is 16.0. The number of hydrogen-bond donors (Lipinski definition) is 3. The third-order valence-electron chi connectivity index (χ3n) is 1.97. The van der Waals surface area contributed by atoms with Crippen molar-refractivity contribution in [1.29, 1.82) is 0 Å². The van der Waals surface area contributed by atoms with Crippen LogP contribution >= 0.6 is 0 Å². The van der Waals surface area contributed by atoms with Gasteiger partial charge in [-0.1, -0.05) is 13.0 Å². The molecule has 0 aliphatic rings. The predicted molar refractivity (Wildman–Crippen MR) is 66.1 cm³/mol. The number of hydrogen-bond acceptors (Lipinski definition) is 3. The van der Waals surface area contributed by atoms with Crippen LogP contribution in [0, 0.1) is 0 Å². The summed E-state index contributed by atoms with van der Waals surface area (Å²) in [6.07, 6.45) is 2.40. The molecule has 3 amide bonds. The van der Waals surface area contributed by atoms with Crippen molar-refractivity contribution >= 4 is 17.9 Å². The molecule has 3 N–H and O–H groups in total. The van der Waals surface area contributed by atoms with Crippen LogP contribution in [-0.4, -0.2) is 54.1 Å². The van der Waals surface area contributed by atoms with Gasteiger partial charge in [-0.3, -0.25) is 9.59 Å². The Morgan fingerprint density at radius 1 is 1.28 bits per heavy atom. The van der Waals surface area contributed by atoms with Gasteiger partial charge < -0.3 is 20.6 Å². The van der Waals surface area contributed by atoms with E-state index >= 15 is 0 Å². The number of carboxylic acid groups (broad SMARTS) is 1. The second-order valence-corrected chi connectivity index (χ2v) is 3.56. The summed E-state index contributed by atoms with van der Waals surface area (Å²) in [5.41, 5.74) is 0. The molecule has 0 saturated heterocycles. The summed E-state index contributed by atoms with van der Waals surface area (Å²) >= 11 is 0. The fourth-order valence-corrected chi connectivity index (χ4v) is 1.21. The van der Waals surface area contributed by atoms with Crippen LogP contribution in [0.5, 0.6) is 0 Å². The lowest BCUT2D eigenvalue weighted by molar-refractivity contribution is -0.137. The topological polar surface area (TPSA) is 98.7 Å².